The van der Waals surface area contributed by atoms with Crippen LogP contribution in [0.2, 0.25) is 0 Å². The normalized spacial score (nSPS) is 12.4. The fourth-order valence-electron chi connectivity index (χ4n) is 1.68. The van der Waals surface area contributed by atoms with Gasteiger partial charge in [-0.1, -0.05) is 0 Å². The maximum absolute atomic E-state index is 13.5. The van der Waals surface area contributed by atoms with Gasteiger partial charge in [-0.2, -0.15) is 5.10 Å². The van der Waals surface area contributed by atoms with E-state index >= 15 is 0 Å². The Morgan fingerprint density at radius 1 is 1.33 bits per heavy atom. The summed E-state index contributed by atoms with van der Waals surface area (Å²) in [4.78, 5) is 12.1. The Bertz CT molecular complexity index is 592. The third kappa shape index (κ3) is 2.30. The van der Waals surface area contributed by atoms with Crippen LogP contribution < -0.4 is 0 Å². The van der Waals surface area contributed by atoms with Crippen LogP contribution in [0.15, 0.2) is 30.5 Å². The van der Waals surface area contributed by atoms with Crippen LogP contribution in [0, 0.1) is 18.6 Å². The molecule has 0 saturated heterocycles. The van der Waals surface area contributed by atoms with E-state index in [1.165, 1.54) is 4.68 Å². The second kappa shape index (κ2) is 4.68. The monoisotopic (exact) mass is 250 g/mol. The lowest BCUT2D eigenvalue weighted by molar-refractivity contribution is 0.0924. The lowest BCUT2D eigenvalue weighted by Gasteiger charge is -2.11. The number of nitrogens with zero attached hydrogens (tertiary/aromatic N) is 2. The van der Waals surface area contributed by atoms with E-state index in [4.69, 9.17) is 0 Å². The van der Waals surface area contributed by atoms with Gasteiger partial charge in [-0.15, -0.1) is 0 Å². The quantitative estimate of drug-likeness (QED) is 0.785. The lowest BCUT2D eigenvalue weighted by atomic mass is 10.1. The summed E-state index contributed by atoms with van der Waals surface area (Å²) in [6, 6.07) is 4.05. The van der Waals surface area contributed by atoms with Crippen LogP contribution >= 0.6 is 0 Å². The van der Waals surface area contributed by atoms with Crippen molar-refractivity contribution in [3.63, 3.8) is 0 Å². The van der Waals surface area contributed by atoms with Crippen LogP contribution in [-0.4, -0.2) is 15.6 Å². The molecule has 1 aromatic carbocycles. The average Bonchev–Trinajstić information content (AvgIpc) is 2.74. The van der Waals surface area contributed by atoms with Crippen molar-refractivity contribution in [3.05, 3.63) is 53.4 Å². The van der Waals surface area contributed by atoms with Crippen LogP contribution in [0.25, 0.3) is 0 Å². The molecule has 2 rings (SSSR count). The highest BCUT2D eigenvalue weighted by Gasteiger charge is 2.21. The van der Waals surface area contributed by atoms with Crippen LogP contribution in [0.1, 0.15) is 29.0 Å². The molecular weight excluding hydrogens is 238 g/mol. The molecule has 0 aliphatic heterocycles. The van der Waals surface area contributed by atoms with Gasteiger partial charge in [0.05, 0.1) is 11.3 Å². The number of aromatic nitrogens is 2. The molecule has 0 fully saturated rings. The van der Waals surface area contributed by atoms with Gasteiger partial charge in [0.2, 0.25) is 0 Å². The molecule has 0 amide bonds. The van der Waals surface area contributed by atoms with Crippen molar-refractivity contribution in [2.24, 2.45) is 0 Å². The topological polar surface area (TPSA) is 34.9 Å². The number of halogens is 2. The predicted octanol–water partition coefficient (Wildman–Crippen LogP) is 2.91. The Morgan fingerprint density at radius 3 is 2.61 bits per heavy atom. The number of carbonyl (C=O) groups is 1. The number of hydrogen-bond acceptors (Lipinski definition) is 2. The summed E-state index contributed by atoms with van der Waals surface area (Å²) >= 11 is 0. The molecule has 94 valence electrons. The highest BCUT2D eigenvalue weighted by molar-refractivity contribution is 5.98. The summed E-state index contributed by atoms with van der Waals surface area (Å²) in [5.41, 5.74) is 0.645. The molecule has 2 aromatic rings. The summed E-state index contributed by atoms with van der Waals surface area (Å²) in [7, 11) is 0. The predicted molar refractivity (Wildman–Crippen MR) is 62.4 cm³/mol. The van der Waals surface area contributed by atoms with Gasteiger partial charge in [-0.3, -0.25) is 9.48 Å². The number of Topliss-reactive ketones (excluding diaryl/α,β-unsaturated/α-hetero) is 1. The van der Waals surface area contributed by atoms with E-state index < -0.39 is 23.5 Å². The van der Waals surface area contributed by atoms with Gasteiger partial charge in [0.25, 0.3) is 0 Å². The Balaban J connectivity index is 2.31. The van der Waals surface area contributed by atoms with Crippen molar-refractivity contribution >= 4 is 5.78 Å². The minimum Gasteiger partial charge on any atom is -0.292 e. The van der Waals surface area contributed by atoms with E-state index in [2.05, 4.69) is 5.10 Å². The first-order valence-corrected chi connectivity index (χ1v) is 5.50. The average molecular weight is 250 g/mol. The molecule has 0 aliphatic rings. The molecule has 1 aromatic heterocycles. The Hall–Kier alpha value is -2.04. The van der Waals surface area contributed by atoms with E-state index in [0.717, 1.165) is 17.8 Å². The molecule has 5 heteroatoms. The molecule has 1 heterocycles. The third-order valence-electron chi connectivity index (χ3n) is 2.71. The van der Waals surface area contributed by atoms with Gasteiger partial charge in [-0.05, 0) is 32.0 Å². The largest absolute Gasteiger partial charge is 0.292 e. The van der Waals surface area contributed by atoms with E-state index in [1.807, 2.05) is 0 Å². The number of carbonyl (C=O) groups excluding carboxylic acids is 1. The number of ketones is 1. The SMILES string of the molecule is Cc1ccn(C(C)C(=O)c2ccc(F)cc2F)n1. The fraction of sp³-hybridized carbons (Fsp3) is 0.231. The smallest absolute Gasteiger partial charge is 0.190 e. The summed E-state index contributed by atoms with van der Waals surface area (Å²) in [6.45, 7) is 3.42. The molecule has 0 aliphatic carbocycles. The number of rotatable bonds is 3. The Kier molecular flexibility index (Phi) is 3.23. The third-order valence-corrected chi connectivity index (χ3v) is 2.71. The van der Waals surface area contributed by atoms with E-state index in [0.29, 0.717) is 6.07 Å². The van der Waals surface area contributed by atoms with Crippen LogP contribution in [0.5, 0.6) is 0 Å². The van der Waals surface area contributed by atoms with Crippen LogP contribution in [0.3, 0.4) is 0 Å². The highest BCUT2D eigenvalue weighted by atomic mass is 19.1. The van der Waals surface area contributed by atoms with Crippen LogP contribution in [-0.2, 0) is 0 Å². The standard InChI is InChI=1S/C13H12F2N2O/c1-8-5-6-17(16-8)9(2)13(18)11-4-3-10(14)7-12(11)15/h3-7,9H,1-2H3. The van der Waals surface area contributed by atoms with Crippen molar-refractivity contribution in [1.29, 1.82) is 0 Å². The second-order valence-corrected chi connectivity index (χ2v) is 4.10. The minimum atomic E-state index is -0.851. The summed E-state index contributed by atoms with van der Waals surface area (Å²) in [5, 5.41) is 4.10. The first kappa shape index (κ1) is 12.4. The van der Waals surface area contributed by atoms with Gasteiger partial charge in [0, 0.05) is 12.3 Å². The van der Waals surface area contributed by atoms with Gasteiger partial charge in [0.1, 0.15) is 17.7 Å². The van der Waals surface area contributed by atoms with Crippen molar-refractivity contribution in [1.82, 2.24) is 9.78 Å². The Morgan fingerprint density at radius 2 is 2.06 bits per heavy atom. The molecule has 0 N–H and O–H groups in total. The lowest BCUT2D eigenvalue weighted by Crippen LogP contribution is -2.18. The molecule has 0 radical (unpaired) electrons. The summed E-state index contributed by atoms with van der Waals surface area (Å²) < 4.78 is 27.7. The Labute approximate surface area is 103 Å². The van der Waals surface area contributed by atoms with Crippen molar-refractivity contribution in [3.8, 4) is 0 Å². The molecular formula is C13H12F2N2O. The summed E-state index contributed by atoms with van der Waals surface area (Å²) in [5.74, 6) is -1.99. The van der Waals surface area contributed by atoms with Crippen molar-refractivity contribution < 1.29 is 13.6 Å². The zero-order valence-electron chi connectivity index (χ0n) is 10.0. The van der Waals surface area contributed by atoms with Gasteiger partial charge in [0.15, 0.2) is 5.78 Å². The first-order chi connectivity index (χ1) is 8.49. The van der Waals surface area contributed by atoms with E-state index in [1.54, 1.807) is 26.1 Å². The van der Waals surface area contributed by atoms with Crippen LogP contribution in [0.4, 0.5) is 8.78 Å². The number of aryl methyl sites for hydroxylation is 1. The zero-order valence-corrected chi connectivity index (χ0v) is 10.0. The summed E-state index contributed by atoms with van der Waals surface area (Å²) in [6.07, 6.45) is 1.65. The fourth-order valence-corrected chi connectivity index (χ4v) is 1.68. The first-order valence-electron chi connectivity index (χ1n) is 5.50. The molecule has 1 atom stereocenters. The molecule has 0 saturated carbocycles. The molecule has 18 heavy (non-hydrogen) atoms. The molecule has 0 bridgehead atoms. The second-order valence-electron chi connectivity index (χ2n) is 4.10. The van der Waals surface area contributed by atoms with Gasteiger partial charge >= 0.3 is 0 Å². The molecule has 1 unspecified atom stereocenters. The highest BCUT2D eigenvalue weighted by Crippen LogP contribution is 2.17. The maximum atomic E-state index is 13.5. The van der Waals surface area contributed by atoms with E-state index in [-0.39, 0.29) is 5.56 Å². The zero-order chi connectivity index (χ0) is 13.3. The molecule has 0 spiro atoms. The van der Waals surface area contributed by atoms with Gasteiger partial charge in [-0.25, -0.2) is 8.78 Å². The van der Waals surface area contributed by atoms with Crippen molar-refractivity contribution in [2.75, 3.05) is 0 Å². The minimum absolute atomic E-state index is 0.128. The molecule has 3 nitrogen and oxygen atoms in total. The number of hydrogen-bond donors (Lipinski definition) is 0. The van der Waals surface area contributed by atoms with E-state index in [9.17, 15) is 13.6 Å². The maximum Gasteiger partial charge on any atom is 0.190 e. The number of benzene rings is 1. The van der Waals surface area contributed by atoms with Gasteiger partial charge < -0.3 is 0 Å². The van der Waals surface area contributed by atoms with Crippen molar-refractivity contribution in [2.45, 2.75) is 19.9 Å².